The van der Waals surface area contributed by atoms with E-state index in [-0.39, 0.29) is 17.8 Å². The maximum absolute atomic E-state index is 11.7. The van der Waals surface area contributed by atoms with Gasteiger partial charge in [0.25, 0.3) is 5.91 Å². The van der Waals surface area contributed by atoms with E-state index >= 15 is 0 Å². The Bertz CT molecular complexity index is 342. The van der Waals surface area contributed by atoms with E-state index in [1.54, 1.807) is 0 Å². The molecule has 3 N–H and O–H groups in total. The van der Waals surface area contributed by atoms with Crippen LogP contribution in [0.3, 0.4) is 0 Å². The second-order valence-corrected chi connectivity index (χ2v) is 3.91. The van der Waals surface area contributed by atoms with Crippen LogP contribution in [-0.4, -0.2) is 17.1 Å². The molecule has 1 amide bonds. The van der Waals surface area contributed by atoms with Crippen molar-refractivity contribution in [3.8, 4) is 0 Å². The summed E-state index contributed by atoms with van der Waals surface area (Å²) >= 11 is 0. The van der Waals surface area contributed by atoms with Crippen molar-refractivity contribution in [1.82, 2.24) is 10.5 Å². The minimum absolute atomic E-state index is 0.0864. The predicted octanol–water partition coefficient (Wildman–Crippen LogP) is 1.32. The molecule has 2 rings (SSSR count). The lowest BCUT2D eigenvalue weighted by atomic mass is 9.95. The summed E-state index contributed by atoms with van der Waals surface area (Å²) in [4.78, 5) is 11.7. The number of amides is 1. The lowest BCUT2D eigenvalue weighted by molar-refractivity contribution is 0.0928. The van der Waals surface area contributed by atoms with Gasteiger partial charge in [-0.2, -0.15) is 0 Å². The van der Waals surface area contributed by atoms with Gasteiger partial charge in [0.05, 0.1) is 6.20 Å². The van der Waals surface area contributed by atoms with Crippen LogP contribution in [0.2, 0.25) is 0 Å². The van der Waals surface area contributed by atoms with Crippen LogP contribution in [0, 0.1) is 0 Å². The normalized spacial score (nSPS) is 17.6. The molecule has 1 aromatic rings. The van der Waals surface area contributed by atoms with Gasteiger partial charge in [-0.05, 0) is 12.8 Å². The van der Waals surface area contributed by atoms with Crippen molar-refractivity contribution < 1.29 is 9.32 Å². The summed E-state index contributed by atoms with van der Waals surface area (Å²) in [6.07, 6.45) is 7.09. The van der Waals surface area contributed by atoms with Gasteiger partial charge in [-0.3, -0.25) is 4.79 Å². The Balaban J connectivity index is 1.94. The van der Waals surface area contributed by atoms with Gasteiger partial charge in [-0.25, -0.2) is 0 Å². The average molecular weight is 209 g/mol. The minimum Gasteiger partial charge on any atom is -0.367 e. The fourth-order valence-electron chi connectivity index (χ4n) is 1.93. The van der Waals surface area contributed by atoms with E-state index in [0.29, 0.717) is 5.56 Å². The van der Waals surface area contributed by atoms with Crippen molar-refractivity contribution in [3.05, 3.63) is 11.8 Å². The summed E-state index contributed by atoms with van der Waals surface area (Å²) in [7, 11) is 0. The Labute approximate surface area is 88.0 Å². The highest BCUT2D eigenvalue weighted by atomic mass is 16.5. The van der Waals surface area contributed by atoms with Crippen LogP contribution in [0.4, 0.5) is 5.88 Å². The molecule has 0 atom stereocenters. The van der Waals surface area contributed by atoms with E-state index in [2.05, 4.69) is 15.0 Å². The lowest BCUT2D eigenvalue weighted by Crippen LogP contribution is -2.36. The van der Waals surface area contributed by atoms with Crippen LogP contribution >= 0.6 is 0 Å². The summed E-state index contributed by atoms with van der Waals surface area (Å²) in [5, 5.41) is 6.42. The molecule has 5 nitrogen and oxygen atoms in total. The van der Waals surface area contributed by atoms with Crippen molar-refractivity contribution in [2.24, 2.45) is 0 Å². The third-order valence-electron chi connectivity index (χ3n) is 2.78. The molecule has 15 heavy (non-hydrogen) atoms. The molecule has 1 aliphatic rings. The second-order valence-electron chi connectivity index (χ2n) is 3.91. The van der Waals surface area contributed by atoms with Gasteiger partial charge in [-0.15, -0.1) is 0 Å². The van der Waals surface area contributed by atoms with Gasteiger partial charge in [0, 0.05) is 6.04 Å². The SMILES string of the molecule is Nc1oncc1C(=O)NC1CCCCC1. The highest BCUT2D eigenvalue weighted by Crippen LogP contribution is 2.18. The number of hydrogen-bond acceptors (Lipinski definition) is 4. The molecule has 0 radical (unpaired) electrons. The zero-order chi connectivity index (χ0) is 10.7. The standard InChI is InChI=1S/C10H15N3O2/c11-9-8(6-12-15-9)10(14)13-7-4-2-1-3-5-7/h6-7H,1-5,11H2,(H,13,14). The van der Waals surface area contributed by atoms with Gasteiger partial charge in [-0.1, -0.05) is 24.4 Å². The van der Waals surface area contributed by atoms with Gasteiger partial charge < -0.3 is 15.6 Å². The fraction of sp³-hybridized carbons (Fsp3) is 0.600. The number of carbonyl (C=O) groups is 1. The third kappa shape index (κ3) is 2.29. The molecule has 0 bridgehead atoms. The van der Waals surface area contributed by atoms with E-state index in [9.17, 15) is 4.79 Å². The van der Waals surface area contributed by atoms with Crippen molar-refractivity contribution in [2.45, 2.75) is 38.1 Å². The van der Waals surface area contributed by atoms with E-state index < -0.39 is 0 Å². The molecular weight excluding hydrogens is 194 g/mol. The summed E-state index contributed by atoms with van der Waals surface area (Å²) in [5.41, 5.74) is 5.79. The molecule has 0 saturated heterocycles. The number of hydrogen-bond donors (Lipinski definition) is 2. The van der Waals surface area contributed by atoms with Crippen LogP contribution in [0.5, 0.6) is 0 Å². The van der Waals surface area contributed by atoms with Gasteiger partial charge in [0.15, 0.2) is 0 Å². The molecule has 1 aromatic heterocycles. The molecule has 1 heterocycles. The van der Waals surface area contributed by atoms with E-state index in [1.807, 2.05) is 0 Å². The van der Waals surface area contributed by atoms with Crippen LogP contribution in [0.1, 0.15) is 42.5 Å². The minimum atomic E-state index is -0.180. The van der Waals surface area contributed by atoms with Crippen molar-refractivity contribution in [1.29, 1.82) is 0 Å². The Kier molecular flexibility index (Phi) is 2.89. The predicted molar refractivity (Wildman–Crippen MR) is 55.3 cm³/mol. The largest absolute Gasteiger partial charge is 0.367 e. The Hall–Kier alpha value is -1.52. The molecule has 1 fully saturated rings. The van der Waals surface area contributed by atoms with Crippen molar-refractivity contribution in [2.75, 3.05) is 5.73 Å². The average Bonchev–Trinajstić information content (AvgIpc) is 2.66. The second kappa shape index (κ2) is 4.33. The van der Waals surface area contributed by atoms with E-state index in [4.69, 9.17) is 5.73 Å². The molecule has 1 saturated carbocycles. The molecule has 0 spiro atoms. The maximum Gasteiger partial charge on any atom is 0.258 e. The fourth-order valence-corrected chi connectivity index (χ4v) is 1.93. The first-order valence-corrected chi connectivity index (χ1v) is 5.28. The Morgan fingerprint density at radius 2 is 2.20 bits per heavy atom. The van der Waals surface area contributed by atoms with Gasteiger partial charge >= 0.3 is 0 Å². The zero-order valence-corrected chi connectivity index (χ0v) is 8.53. The Morgan fingerprint density at radius 1 is 1.47 bits per heavy atom. The molecule has 0 unspecified atom stereocenters. The van der Waals surface area contributed by atoms with Crippen molar-refractivity contribution >= 4 is 11.8 Å². The van der Waals surface area contributed by atoms with Crippen molar-refractivity contribution in [3.63, 3.8) is 0 Å². The third-order valence-corrected chi connectivity index (χ3v) is 2.78. The first kappa shape index (κ1) is 10.0. The van der Waals surface area contributed by atoms with E-state index in [0.717, 1.165) is 12.8 Å². The molecule has 0 aromatic carbocycles. The monoisotopic (exact) mass is 209 g/mol. The highest BCUT2D eigenvalue weighted by molar-refractivity contribution is 5.97. The number of carbonyl (C=O) groups excluding carboxylic acids is 1. The number of nitrogens with two attached hydrogens (primary N) is 1. The topological polar surface area (TPSA) is 81.2 Å². The van der Waals surface area contributed by atoms with E-state index in [1.165, 1.54) is 25.5 Å². The number of nitrogen functional groups attached to an aromatic ring is 1. The first-order valence-electron chi connectivity index (χ1n) is 5.28. The van der Waals surface area contributed by atoms with Crippen LogP contribution in [0.15, 0.2) is 10.7 Å². The molecule has 5 heteroatoms. The number of aromatic nitrogens is 1. The summed E-state index contributed by atoms with van der Waals surface area (Å²) in [6, 6.07) is 0.278. The zero-order valence-electron chi connectivity index (χ0n) is 8.53. The summed E-state index contributed by atoms with van der Waals surface area (Å²) in [6.45, 7) is 0. The summed E-state index contributed by atoms with van der Waals surface area (Å²) in [5.74, 6) is -0.0936. The molecule has 1 aliphatic carbocycles. The highest BCUT2D eigenvalue weighted by Gasteiger charge is 2.19. The Morgan fingerprint density at radius 3 is 2.80 bits per heavy atom. The maximum atomic E-state index is 11.7. The number of anilines is 1. The van der Waals surface area contributed by atoms with Gasteiger partial charge in [0.2, 0.25) is 5.88 Å². The van der Waals surface area contributed by atoms with Gasteiger partial charge in [0.1, 0.15) is 5.56 Å². The van der Waals surface area contributed by atoms with Crippen LogP contribution in [-0.2, 0) is 0 Å². The lowest BCUT2D eigenvalue weighted by Gasteiger charge is -2.22. The first-order chi connectivity index (χ1) is 7.27. The number of nitrogens with one attached hydrogen (secondary N) is 1. The molecule has 0 aliphatic heterocycles. The smallest absolute Gasteiger partial charge is 0.258 e. The number of nitrogens with zero attached hydrogens (tertiary/aromatic N) is 1. The van der Waals surface area contributed by atoms with Crippen LogP contribution in [0.25, 0.3) is 0 Å². The van der Waals surface area contributed by atoms with Crippen LogP contribution < -0.4 is 11.1 Å². The molecular formula is C10H15N3O2. The quantitative estimate of drug-likeness (QED) is 0.769. The summed E-state index contributed by atoms with van der Waals surface area (Å²) < 4.78 is 4.64. The molecule has 82 valence electrons. The number of rotatable bonds is 2.